The molecule has 0 saturated carbocycles. The summed E-state index contributed by atoms with van der Waals surface area (Å²) in [7, 11) is 0. The minimum atomic E-state index is 0.337. The molecule has 4 heteroatoms. The van der Waals surface area contributed by atoms with Gasteiger partial charge in [0.05, 0.1) is 12.5 Å². The van der Waals surface area contributed by atoms with Crippen LogP contribution in [0.15, 0.2) is 38.9 Å². The maximum Gasteiger partial charge on any atom is 0.0950 e. The fourth-order valence-corrected chi connectivity index (χ4v) is 3.32. The van der Waals surface area contributed by atoms with Crippen molar-refractivity contribution in [1.82, 2.24) is 5.32 Å². The minimum absolute atomic E-state index is 0.337. The molecule has 2 aromatic rings. The number of rotatable bonds is 6. The molecule has 2 heterocycles. The Hall–Kier alpha value is -0.580. The molecule has 1 N–H and O–H groups in total. The van der Waals surface area contributed by atoms with E-state index in [1.165, 1.54) is 14.9 Å². The molecule has 0 aliphatic rings. The summed E-state index contributed by atoms with van der Waals surface area (Å²) in [4.78, 5) is 1.37. The average Bonchev–Trinajstić information content (AvgIpc) is 2.96. The molecule has 1 unspecified atom stereocenters. The molecule has 17 heavy (non-hydrogen) atoms. The third-order valence-electron chi connectivity index (χ3n) is 2.67. The molecule has 2 aromatic heterocycles. The maximum absolute atomic E-state index is 5.18. The summed E-state index contributed by atoms with van der Waals surface area (Å²) in [6, 6.07) is 4.48. The number of thiophene rings is 1. The zero-order valence-corrected chi connectivity index (χ0v) is 12.2. The lowest BCUT2D eigenvalue weighted by atomic mass is 10.1. The Labute approximate surface area is 114 Å². The van der Waals surface area contributed by atoms with Gasteiger partial charge in [-0.3, -0.25) is 0 Å². The second kappa shape index (κ2) is 6.38. The van der Waals surface area contributed by atoms with Gasteiger partial charge in [-0.05, 0) is 46.4 Å². The zero-order chi connectivity index (χ0) is 12.1. The highest BCUT2D eigenvalue weighted by Crippen LogP contribution is 2.28. The van der Waals surface area contributed by atoms with Crippen molar-refractivity contribution in [2.75, 3.05) is 6.54 Å². The molecule has 2 nitrogen and oxygen atoms in total. The molecular formula is C13H16BrNOS. The molecule has 0 aliphatic carbocycles. The van der Waals surface area contributed by atoms with Crippen molar-refractivity contribution in [2.24, 2.45) is 0 Å². The summed E-state index contributed by atoms with van der Waals surface area (Å²) in [5.74, 6) is 0. The number of halogens is 1. The van der Waals surface area contributed by atoms with Gasteiger partial charge in [-0.25, -0.2) is 0 Å². The smallest absolute Gasteiger partial charge is 0.0950 e. The van der Waals surface area contributed by atoms with Gasteiger partial charge >= 0.3 is 0 Å². The van der Waals surface area contributed by atoms with Crippen molar-refractivity contribution in [1.29, 1.82) is 0 Å². The third kappa shape index (κ3) is 3.44. The SMILES string of the molecule is CCCNC(Cc1sccc1Br)c1ccoc1. The van der Waals surface area contributed by atoms with Gasteiger partial charge in [0.25, 0.3) is 0 Å². The van der Waals surface area contributed by atoms with Crippen molar-refractivity contribution >= 4 is 27.3 Å². The number of nitrogens with one attached hydrogen (secondary N) is 1. The molecule has 0 aliphatic heterocycles. The van der Waals surface area contributed by atoms with Crippen LogP contribution in [0.25, 0.3) is 0 Å². The lowest BCUT2D eigenvalue weighted by molar-refractivity contribution is 0.514. The van der Waals surface area contributed by atoms with Crippen LogP contribution >= 0.6 is 27.3 Å². The molecule has 0 radical (unpaired) electrons. The van der Waals surface area contributed by atoms with Crippen LogP contribution < -0.4 is 5.32 Å². The summed E-state index contributed by atoms with van der Waals surface area (Å²) in [5.41, 5.74) is 1.22. The molecule has 0 spiro atoms. The lowest BCUT2D eigenvalue weighted by Gasteiger charge is -2.16. The van der Waals surface area contributed by atoms with Crippen LogP contribution in [0.3, 0.4) is 0 Å². The van der Waals surface area contributed by atoms with Gasteiger partial charge < -0.3 is 9.73 Å². The normalized spacial score (nSPS) is 12.8. The zero-order valence-electron chi connectivity index (χ0n) is 9.78. The Kier molecular flexibility index (Phi) is 4.83. The summed E-state index contributed by atoms with van der Waals surface area (Å²) in [5, 5.41) is 5.68. The highest BCUT2D eigenvalue weighted by molar-refractivity contribution is 9.10. The van der Waals surface area contributed by atoms with E-state index in [2.05, 4.69) is 39.6 Å². The van der Waals surface area contributed by atoms with Crippen LogP contribution in [0.5, 0.6) is 0 Å². The number of hydrogen-bond donors (Lipinski definition) is 1. The molecule has 92 valence electrons. The van der Waals surface area contributed by atoms with Gasteiger partial charge in [-0.2, -0.15) is 0 Å². The van der Waals surface area contributed by atoms with E-state index < -0.39 is 0 Å². The molecule has 0 amide bonds. The van der Waals surface area contributed by atoms with Crippen molar-refractivity contribution in [3.05, 3.63) is 45.0 Å². The van der Waals surface area contributed by atoms with Crippen molar-refractivity contribution in [3.63, 3.8) is 0 Å². The fourth-order valence-electron chi connectivity index (χ4n) is 1.76. The molecule has 0 saturated heterocycles. The Balaban J connectivity index is 2.08. The van der Waals surface area contributed by atoms with Gasteiger partial charge in [0, 0.05) is 27.4 Å². The Morgan fingerprint density at radius 3 is 2.94 bits per heavy atom. The first-order valence-corrected chi connectivity index (χ1v) is 7.46. The minimum Gasteiger partial charge on any atom is -0.472 e. The van der Waals surface area contributed by atoms with E-state index in [0.29, 0.717) is 6.04 Å². The van der Waals surface area contributed by atoms with Crippen LogP contribution in [0.2, 0.25) is 0 Å². The number of furan rings is 1. The van der Waals surface area contributed by atoms with Crippen molar-refractivity contribution in [3.8, 4) is 0 Å². The van der Waals surface area contributed by atoms with E-state index in [9.17, 15) is 0 Å². The van der Waals surface area contributed by atoms with E-state index >= 15 is 0 Å². The van der Waals surface area contributed by atoms with E-state index in [-0.39, 0.29) is 0 Å². The van der Waals surface area contributed by atoms with Gasteiger partial charge in [0.2, 0.25) is 0 Å². The average molecular weight is 314 g/mol. The highest BCUT2D eigenvalue weighted by Gasteiger charge is 2.14. The maximum atomic E-state index is 5.18. The standard InChI is InChI=1S/C13H16BrNOS/c1-2-5-15-12(10-3-6-16-9-10)8-13-11(14)4-7-17-13/h3-4,6-7,9,12,15H,2,5,8H2,1H3. The second-order valence-electron chi connectivity index (χ2n) is 3.96. The van der Waals surface area contributed by atoms with Gasteiger partial charge in [0.1, 0.15) is 0 Å². The summed E-state index contributed by atoms with van der Waals surface area (Å²) in [6.45, 7) is 3.21. The highest BCUT2D eigenvalue weighted by atomic mass is 79.9. The van der Waals surface area contributed by atoms with Crippen LogP contribution in [0.1, 0.15) is 29.8 Å². The summed E-state index contributed by atoms with van der Waals surface area (Å²) >= 11 is 5.38. The quantitative estimate of drug-likeness (QED) is 0.855. The topological polar surface area (TPSA) is 25.2 Å². The van der Waals surface area contributed by atoms with Crippen LogP contribution in [0.4, 0.5) is 0 Å². The molecule has 2 rings (SSSR count). The third-order valence-corrected chi connectivity index (χ3v) is 4.62. The molecule has 0 bridgehead atoms. The van der Waals surface area contributed by atoms with Gasteiger partial charge in [-0.15, -0.1) is 11.3 Å². The first-order chi connectivity index (χ1) is 8.31. The molecule has 1 atom stereocenters. The van der Waals surface area contributed by atoms with E-state index in [1.807, 2.05) is 12.3 Å². The van der Waals surface area contributed by atoms with Gasteiger partial charge in [0.15, 0.2) is 0 Å². The van der Waals surface area contributed by atoms with Crippen LogP contribution in [-0.2, 0) is 6.42 Å². The number of hydrogen-bond acceptors (Lipinski definition) is 3. The predicted octanol–water partition coefficient (Wildman–Crippen LogP) is 4.39. The Bertz CT molecular complexity index is 438. The van der Waals surface area contributed by atoms with Crippen LogP contribution in [-0.4, -0.2) is 6.54 Å². The summed E-state index contributed by atoms with van der Waals surface area (Å²) < 4.78 is 6.38. The lowest BCUT2D eigenvalue weighted by Crippen LogP contribution is -2.23. The van der Waals surface area contributed by atoms with Gasteiger partial charge in [-0.1, -0.05) is 6.92 Å². The second-order valence-corrected chi connectivity index (χ2v) is 5.81. The fraction of sp³-hybridized carbons (Fsp3) is 0.385. The Morgan fingerprint density at radius 2 is 2.35 bits per heavy atom. The molecule has 0 fully saturated rings. The van der Waals surface area contributed by atoms with E-state index in [4.69, 9.17) is 4.42 Å². The molecular weight excluding hydrogens is 298 g/mol. The first-order valence-electron chi connectivity index (χ1n) is 5.78. The molecule has 0 aromatic carbocycles. The summed E-state index contributed by atoms with van der Waals surface area (Å²) in [6.07, 6.45) is 5.70. The largest absolute Gasteiger partial charge is 0.472 e. The Morgan fingerprint density at radius 1 is 1.47 bits per heavy atom. The predicted molar refractivity (Wildman–Crippen MR) is 75.5 cm³/mol. The van der Waals surface area contributed by atoms with Crippen molar-refractivity contribution < 1.29 is 4.42 Å². The van der Waals surface area contributed by atoms with E-state index in [0.717, 1.165) is 19.4 Å². The van der Waals surface area contributed by atoms with Crippen molar-refractivity contribution in [2.45, 2.75) is 25.8 Å². The monoisotopic (exact) mass is 313 g/mol. The first kappa shape index (κ1) is 12.9. The van der Waals surface area contributed by atoms with Crippen LogP contribution in [0, 0.1) is 0 Å². The van der Waals surface area contributed by atoms with E-state index in [1.54, 1.807) is 17.6 Å².